The summed E-state index contributed by atoms with van der Waals surface area (Å²) in [6.07, 6.45) is 0.536. The lowest BCUT2D eigenvalue weighted by Crippen LogP contribution is -2.37. The van der Waals surface area contributed by atoms with Crippen molar-refractivity contribution in [1.29, 1.82) is 0 Å². The SMILES string of the molecule is Cc1cccc(S(=O)(=O)CCCn2nc(C)c(C3COCCN3C)c2C)c1. The second-order valence-corrected chi connectivity index (χ2v) is 9.48. The van der Waals surface area contributed by atoms with Gasteiger partial charge in [0.05, 0.1) is 35.6 Å². The van der Waals surface area contributed by atoms with Crippen LogP contribution in [-0.2, 0) is 21.1 Å². The third-order valence-corrected chi connectivity index (χ3v) is 7.10. The van der Waals surface area contributed by atoms with Crippen molar-refractivity contribution < 1.29 is 13.2 Å². The van der Waals surface area contributed by atoms with Gasteiger partial charge >= 0.3 is 0 Å². The van der Waals surface area contributed by atoms with Crippen LogP contribution in [0.5, 0.6) is 0 Å². The predicted octanol–water partition coefficient (Wildman–Crippen LogP) is 2.68. The Morgan fingerprint density at radius 3 is 2.74 bits per heavy atom. The molecule has 3 rings (SSSR count). The minimum atomic E-state index is -3.27. The highest BCUT2D eigenvalue weighted by atomic mass is 32.2. The number of morpholine rings is 1. The molecular weight excluding hydrogens is 362 g/mol. The van der Waals surface area contributed by atoms with E-state index in [1.165, 1.54) is 5.56 Å². The van der Waals surface area contributed by atoms with Gasteiger partial charge < -0.3 is 4.74 Å². The second-order valence-electron chi connectivity index (χ2n) is 7.37. The van der Waals surface area contributed by atoms with Gasteiger partial charge in [-0.05, 0) is 51.9 Å². The summed E-state index contributed by atoms with van der Waals surface area (Å²) in [4.78, 5) is 2.70. The lowest BCUT2D eigenvalue weighted by atomic mass is 10.0. The standard InChI is InChI=1S/C20H29N3O3S/c1-15-7-5-8-18(13-15)27(24,25)12-6-9-23-17(3)20(16(2)21-23)19-14-26-11-10-22(19)4/h5,7-8,13,19H,6,9-12,14H2,1-4H3. The maximum atomic E-state index is 12.6. The van der Waals surface area contributed by atoms with Crippen molar-refractivity contribution in [3.8, 4) is 0 Å². The van der Waals surface area contributed by atoms with Crippen LogP contribution >= 0.6 is 0 Å². The van der Waals surface area contributed by atoms with Crippen LogP contribution in [0, 0.1) is 20.8 Å². The molecule has 0 N–H and O–H groups in total. The first-order chi connectivity index (χ1) is 12.8. The number of sulfone groups is 1. The maximum absolute atomic E-state index is 12.6. The van der Waals surface area contributed by atoms with Gasteiger partial charge in [0.1, 0.15) is 0 Å². The summed E-state index contributed by atoms with van der Waals surface area (Å²) >= 11 is 0. The monoisotopic (exact) mass is 391 g/mol. The van der Waals surface area contributed by atoms with Gasteiger partial charge in [-0.25, -0.2) is 8.42 Å². The molecule has 0 saturated carbocycles. The molecule has 7 heteroatoms. The van der Waals surface area contributed by atoms with Crippen molar-refractivity contribution in [2.24, 2.45) is 0 Å². The topological polar surface area (TPSA) is 64.4 Å². The molecule has 1 aliphatic rings. The van der Waals surface area contributed by atoms with Gasteiger partial charge in [-0.1, -0.05) is 12.1 Å². The number of hydrogen-bond donors (Lipinski definition) is 0. The molecular formula is C20H29N3O3S. The summed E-state index contributed by atoms with van der Waals surface area (Å²) in [6, 6.07) is 7.31. The van der Waals surface area contributed by atoms with Crippen LogP contribution in [0.15, 0.2) is 29.2 Å². The zero-order valence-corrected chi connectivity index (χ0v) is 17.4. The number of aryl methyl sites for hydroxylation is 3. The maximum Gasteiger partial charge on any atom is 0.178 e. The zero-order valence-electron chi connectivity index (χ0n) is 16.6. The Morgan fingerprint density at radius 2 is 2.04 bits per heavy atom. The largest absolute Gasteiger partial charge is 0.378 e. The Bertz CT molecular complexity index is 905. The Kier molecular flexibility index (Phi) is 6.03. The van der Waals surface area contributed by atoms with Crippen LogP contribution in [0.2, 0.25) is 0 Å². The number of ether oxygens (including phenoxy) is 1. The van der Waals surface area contributed by atoms with Crippen molar-refractivity contribution in [1.82, 2.24) is 14.7 Å². The normalized spacial score (nSPS) is 18.7. The fourth-order valence-electron chi connectivity index (χ4n) is 3.73. The summed E-state index contributed by atoms with van der Waals surface area (Å²) in [6.45, 7) is 8.92. The van der Waals surface area contributed by atoms with Gasteiger partial charge in [-0.15, -0.1) is 0 Å². The van der Waals surface area contributed by atoms with Crippen LogP contribution in [0.3, 0.4) is 0 Å². The van der Waals surface area contributed by atoms with Crippen molar-refractivity contribution in [2.75, 3.05) is 32.6 Å². The number of nitrogens with zero attached hydrogens (tertiary/aromatic N) is 3. The molecule has 1 aliphatic heterocycles. The van der Waals surface area contributed by atoms with E-state index in [1.807, 2.05) is 24.6 Å². The highest BCUT2D eigenvalue weighted by Crippen LogP contribution is 2.28. The van der Waals surface area contributed by atoms with Gasteiger partial charge in [0, 0.05) is 24.3 Å². The summed E-state index contributed by atoms with van der Waals surface area (Å²) in [7, 11) is -1.16. The first kappa shape index (κ1) is 20.0. The fourth-order valence-corrected chi connectivity index (χ4v) is 5.13. The van der Waals surface area contributed by atoms with Crippen molar-refractivity contribution >= 4 is 9.84 Å². The van der Waals surface area contributed by atoms with E-state index in [2.05, 4.69) is 24.0 Å². The molecule has 1 atom stereocenters. The fraction of sp³-hybridized carbons (Fsp3) is 0.550. The van der Waals surface area contributed by atoms with E-state index >= 15 is 0 Å². The molecule has 0 spiro atoms. The Balaban J connectivity index is 1.69. The Labute approximate surface area is 162 Å². The predicted molar refractivity (Wildman–Crippen MR) is 106 cm³/mol. The average molecular weight is 392 g/mol. The second kappa shape index (κ2) is 8.12. The third kappa shape index (κ3) is 4.42. The van der Waals surface area contributed by atoms with Crippen LogP contribution in [0.25, 0.3) is 0 Å². The van der Waals surface area contributed by atoms with E-state index in [4.69, 9.17) is 4.74 Å². The van der Waals surface area contributed by atoms with E-state index in [0.717, 1.165) is 30.1 Å². The van der Waals surface area contributed by atoms with E-state index in [1.54, 1.807) is 18.2 Å². The van der Waals surface area contributed by atoms with Crippen LogP contribution in [0.4, 0.5) is 0 Å². The smallest absolute Gasteiger partial charge is 0.178 e. The highest BCUT2D eigenvalue weighted by molar-refractivity contribution is 7.91. The average Bonchev–Trinajstić information content (AvgIpc) is 2.89. The molecule has 6 nitrogen and oxygen atoms in total. The van der Waals surface area contributed by atoms with Crippen molar-refractivity contribution in [3.63, 3.8) is 0 Å². The highest BCUT2D eigenvalue weighted by Gasteiger charge is 2.27. The molecule has 1 saturated heterocycles. The van der Waals surface area contributed by atoms with E-state index in [0.29, 0.717) is 24.5 Å². The number of benzene rings is 1. The number of aromatic nitrogens is 2. The summed E-state index contributed by atoms with van der Waals surface area (Å²) in [5, 5.41) is 4.67. The van der Waals surface area contributed by atoms with E-state index in [-0.39, 0.29) is 11.8 Å². The summed E-state index contributed by atoms with van der Waals surface area (Å²) < 4.78 is 32.7. The van der Waals surface area contributed by atoms with Crippen molar-refractivity contribution in [3.05, 3.63) is 46.8 Å². The van der Waals surface area contributed by atoms with E-state index < -0.39 is 9.84 Å². The molecule has 27 heavy (non-hydrogen) atoms. The molecule has 1 unspecified atom stereocenters. The third-order valence-electron chi connectivity index (χ3n) is 5.30. The van der Waals surface area contributed by atoms with E-state index in [9.17, 15) is 8.42 Å². The van der Waals surface area contributed by atoms with Gasteiger partial charge in [-0.2, -0.15) is 5.10 Å². The summed E-state index contributed by atoms with van der Waals surface area (Å²) in [5.41, 5.74) is 4.26. The molecule has 1 aromatic heterocycles. The van der Waals surface area contributed by atoms with Gasteiger partial charge in [0.25, 0.3) is 0 Å². The molecule has 0 bridgehead atoms. The lowest BCUT2D eigenvalue weighted by Gasteiger charge is -2.32. The molecule has 1 fully saturated rings. The van der Waals surface area contributed by atoms with Gasteiger partial charge in [0.15, 0.2) is 9.84 Å². The first-order valence-electron chi connectivity index (χ1n) is 9.41. The Morgan fingerprint density at radius 1 is 1.26 bits per heavy atom. The quantitative estimate of drug-likeness (QED) is 0.757. The Hall–Kier alpha value is -1.70. The summed E-state index contributed by atoms with van der Waals surface area (Å²) in [5.74, 6) is 0.122. The number of likely N-dealkylation sites (N-methyl/N-ethyl adjacent to an activating group) is 1. The molecule has 2 aromatic rings. The van der Waals surface area contributed by atoms with Crippen LogP contribution < -0.4 is 0 Å². The molecule has 148 valence electrons. The number of hydrogen-bond acceptors (Lipinski definition) is 5. The minimum absolute atomic E-state index is 0.122. The van der Waals surface area contributed by atoms with Crippen LogP contribution in [-0.4, -0.2) is 55.7 Å². The van der Waals surface area contributed by atoms with Gasteiger partial charge in [-0.3, -0.25) is 9.58 Å². The molecule has 2 heterocycles. The molecule has 1 aromatic carbocycles. The molecule has 0 aliphatic carbocycles. The minimum Gasteiger partial charge on any atom is -0.378 e. The number of rotatable bonds is 6. The zero-order chi connectivity index (χ0) is 19.6. The van der Waals surface area contributed by atoms with Crippen LogP contribution in [0.1, 0.15) is 35.0 Å². The first-order valence-corrected chi connectivity index (χ1v) is 11.1. The van der Waals surface area contributed by atoms with Gasteiger partial charge in [0.2, 0.25) is 0 Å². The lowest BCUT2D eigenvalue weighted by molar-refractivity contribution is 0.00456. The molecule has 0 radical (unpaired) electrons. The molecule has 0 amide bonds. The van der Waals surface area contributed by atoms with Crippen molar-refractivity contribution in [2.45, 2.75) is 44.7 Å².